The lowest BCUT2D eigenvalue weighted by Crippen LogP contribution is -2.45. The van der Waals surface area contributed by atoms with Gasteiger partial charge in [-0.2, -0.15) is 0 Å². The van der Waals surface area contributed by atoms with Crippen LogP contribution in [0.4, 0.5) is 5.69 Å². The highest BCUT2D eigenvalue weighted by atomic mass is 16.2. The van der Waals surface area contributed by atoms with Gasteiger partial charge in [0.15, 0.2) is 0 Å². The van der Waals surface area contributed by atoms with Crippen molar-refractivity contribution in [2.24, 2.45) is 11.3 Å². The van der Waals surface area contributed by atoms with Crippen molar-refractivity contribution in [3.63, 3.8) is 0 Å². The predicted molar refractivity (Wildman–Crippen MR) is 126 cm³/mol. The lowest BCUT2D eigenvalue weighted by atomic mass is 9.95. The Morgan fingerprint density at radius 3 is 2.34 bits per heavy atom. The van der Waals surface area contributed by atoms with Gasteiger partial charge in [0.1, 0.15) is 0 Å². The third kappa shape index (κ3) is 6.42. The van der Waals surface area contributed by atoms with Crippen LogP contribution in [0.1, 0.15) is 49.5 Å². The van der Waals surface area contributed by atoms with Gasteiger partial charge >= 0.3 is 0 Å². The first-order valence-corrected chi connectivity index (χ1v) is 11.3. The Kier molecular flexibility index (Phi) is 7.67. The Bertz CT molecular complexity index is 933. The Hall–Kier alpha value is -3.15. The SMILES string of the molecule is CC(C)(C)C(=O)Nc1ccc(C(=O)N2CCC[C@@H](C(=O)NCCc3ccccc3)C2)cc1. The van der Waals surface area contributed by atoms with Crippen LogP contribution in [0.5, 0.6) is 0 Å². The summed E-state index contributed by atoms with van der Waals surface area (Å²) in [5.41, 5.74) is 1.92. The van der Waals surface area contributed by atoms with Crippen molar-refractivity contribution < 1.29 is 14.4 Å². The lowest BCUT2D eigenvalue weighted by molar-refractivity contribution is -0.126. The van der Waals surface area contributed by atoms with Crippen molar-refractivity contribution in [2.45, 2.75) is 40.0 Å². The fourth-order valence-corrected chi connectivity index (χ4v) is 3.69. The van der Waals surface area contributed by atoms with Crippen molar-refractivity contribution in [1.82, 2.24) is 10.2 Å². The monoisotopic (exact) mass is 435 g/mol. The average Bonchev–Trinajstić information content (AvgIpc) is 2.79. The average molecular weight is 436 g/mol. The van der Waals surface area contributed by atoms with E-state index < -0.39 is 5.41 Å². The number of rotatable bonds is 6. The third-order valence-corrected chi connectivity index (χ3v) is 5.71. The highest BCUT2D eigenvalue weighted by Gasteiger charge is 2.29. The van der Waals surface area contributed by atoms with E-state index in [9.17, 15) is 14.4 Å². The molecule has 1 aliphatic heterocycles. The molecule has 32 heavy (non-hydrogen) atoms. The number of carbonyl (C=O) groups excluding carboxylic acids is 3. The second-order valence-corrected chi connectivity index (χ2v) is 9.40. The lowest BCUT2D eigenvalue weighted by Gasteiger charge is -2.32. The molecular weight excluding hydrogens is 402 g/mol. The van der Waals surface area contributed by atoms with E-state index in [1.54, 1.807) is 29.2 Å². The molecule has 2 aromatic carbocycles. The Balaban J connectivity index is 1.52. The molecule has 1 atom stereocenters. The molecule has 1 aliphatic rings. The van der Waals surface area contributed by atoms with Crippen molar-refractivity contribution in [3.8, 4) is 0 Å². The molecule has 0 aromatic heterocycles. The topological polar surface area (TPSA) is 78.5 Å². The molecule has 0 unspecified atom stereocenters. The second kappa shape index (κ2) is 10.4. The minimum Gasteiger partial charge on any atom is -0.355 e. The fourth-order valence-electron chi connectivity index (χ4n) is 3.69. The first kappa shape index (κ1) is 23.5. The third-order valence-electron chi connectivity index (χ3n) is 5.71. The van der Waals surface area contributed by atoms with Gasteiger partial charge in [-0.3, -0.25) is 14.4 Å². The maximum absolute atomic E-state index is 13.0. The molecule has 1 heterocycles. The van der Waals surface area contributed by atoms with Gasteiger partial charge in [-0.15, -0.1) is 0 Å². The summed E-state index contributed by atoms with van der Waals surface area (Å²) < 4.78 is 0. The molecule has 1 saturated heterocycles. The number of carbonyl (C=O) groups is 3. The molecule has 6 nitrogen and oxygen atoms in total. The molecule has 2 N–H and O–H groups in total. The molecule has 0 saturated carbocycles. The number of nitrogens with one attached hydrogen (secondary N) is 2. The van der Waals surface area contributed by atoms with Gasteiger partial charge in [0, 0.05) is 36.3 Å². The van der Waals surface area contributed by atoms with E-state index in [4.69, 9.17) is 0 Å². The van der Waals surface area contributed by atoms with Crippen LogP contribution in [0.15, 0.2) is 54.6 Å². The molecule has 3 rings (SSSR count). The summed E-state index contributed by atoms with van der Waals surface area (Å²) in [7, 11) is 0. The van der Waals surface area contributed by atoms with Crippen LogP contribution in [0.25, 0.3) is 0 Å². The summed E-state index contributed by atoms with van der Waals surface area (Å²) in [5, 5.41) is 5.88. The van der Waals surface area contributed by atoms with Crippen molar-refractivity contribution in [3.05, 3.63) is 65.7 Å². The molecule has 3 amide bonds. The van der Waals surface area contributed by atoms with Crippen LogP contribution < -0.4 is 10.6 Å². The van der Waals surface area contributed by atoms with Crippen LogP contribution in [0.2, 0.25) is 0 Å². The first-order valence-electron chi connectivity index (χ1n) is 11.3. The van der Waals surface area contributed by atoms with E-state index in [-0.39, 0.29) is 23.6 Å². The number of piperidine rings is 1. The Morgan fingerprint density at radius 2 is 1.69 bits per heavy atom. The van der Waals surface area contributed by atoms with E-state index in [0.29, 0.717) is 30.9 Å². The van der Waals surface area contributed by atoms with Crippen molar-refractivity contribution in [1.29, 1.82) is 0 Å². The van der Waals surface area contributed by atoms with Gasteiger partial charge in [-0.1, -0.05) is 51.1 Å². The number of amides is 3. The Morgan fingerprint density at radius 1 is 1.00 bits per heavy atom. The van der Waals surface area contributed by atoms with E-state index in [0.717, 1.165) is 19.3 Å². The summed E-state index contributed by atoms with van der Waals surface area (Å²) >= 11 is 0. The normalized spacial score (nSPS) is 16.3. The van der Waals surface area contributed by atoms with Crippen molar-refractivity contribution in [2.75, 3.05) is 25.0 Å². The summed E-state index contributed by atoms with van der Waals surface area (Å²) in [6.45, 7) is 7.23. The van der Waals surface area contributed by atoms with Crippen LogP contribution >= 0.6 is 0 Å². The zero-order valence-corrected chi connectivity index (χ0v) is 19.2. The van der Waals surface area contributed by atoms with Gasteiger partial charge in [0.2, 0.25) is 11.8 Å². The van der Waals surface area contributed by atoms with E-state index in [1.807, 2.05) is 51.1 Å². The summed E-state index contributed by atoms with van der Waals surface area (Å²) in [6.07, 6.45) is 2.39. The molecular formula is C26H33N3O3. The minimum atomic E-state index is -0.487. The molecule has 170 valence electrons. The fraction of sp³-hybridized carbons (Fsp3) is 0.423. The molecule has 2 aromatic rings. The quantitative estimate of drug-likeness (QED) is 0.723. The van der Waals surface area contributed by atoms with Gasteiger partial charge in [0.05, 0.1) is 5.92 Å². The summed E-state index contributed by atoms with van der Waals surface area (Å²) in [5.74, 6) is -0.332. The van der Waals surface area contributed by atoms with Crippen LogP contribution in [0.3, 0.4) is 0 Å². The van der Waals surface area contributed by atoms with Gasteiger partial charge in [-0.25, -0.2) is 0 Å². The smallest absolute Gasteiger partial charge is 0.253 e. The van der Waals surface area contributed by atoms with Gasteiger partial charge in [-0.05, 0) is 49.1 Å². The van der Waals surface area contributed by atoms with Gasteiger partial charge in [0.25, 0.3) is 5.91 Å². The van der Waals surface area contributed by atoms with Gasteiger partial charge < -0.3 is 15.5 Å². The molecule has 1 fully saturated rings. The number of nitrogens with zero attached hydrogens (tertiary/aromatic N) is 1. The highest BCUT2D eigenvalue weighted by molar-refractivity contribution is 5.97. The van der Waals surface area contributed by atoms with E-state index >= 15 is 0 Å². The van der Waals surface area contributed by atoms with Crippen LogP contribution in [-0.4, -0.2) is 42.3 Å². The maximum atomic E-state index is 13.0. The molecule has 0 bridgehead atoms. The molecule has 6 heteroatoms. The summed E-state index contributed by atoms with van der Waals surface area (Å²) in [4.78, 5) is 39.5. The van der Waals surface area contributed by atoms with E-state index in [1.165, 1.54) is 5.56 Å². The Labute approximate surface area is 190 Å². The van der Waals surface area contributed by atoms with Crippen LogP contribution in [-0.2, 0) is 16.0 Å². The number of hydrogen-bond acceptors (Lipinski definition) is 3. The molecule has 0 spiro atoms. The maximum Gasteiger partial charge on any atom is 0.253 e. The highest BCUT2D eigenvalue weighted by Crippen LogP contribution is 2.21. The number of likely N-dealkylation sites (tertiary alicyclic amines) is 1. The second-order valence-electron chi connectivity index (χ2n) is 9.40. The molecule has 0 radical (unpaired) electrons. The predicted octanol–water partition coefficient (Wildman–Crippen LogP) is 3.88. The largest absolute Gasteiger partial charge is 0.355 e. The number of hydrogen-bond donors (Lipinski definition) is 2. The zero-order chi connectivity index (χ0) is 23.1. The number of anilines is 1. The zero-order valence-electron chi connectivity index (χ0n) is 19.2. The molecule has 0 aliphatic carbocycles. The minimum absolute atomic E-state index is 0.0127. The summed E-state index contributed by atoms with van der Waals surface area (Å²) in [6, 6.07) is 17.0. The number of benzene rings is 2. The van der Waals surface area contributed by atoms with Crippen LogP contribution in [0, 0.1) is 11.3 Å². The first-order chi connectivity index (χ1) is 15.2. The van der Waals surface area contributed by atoms with E-state index in [2.05, 4.69) is 10.6 Å². The standard InChI is InChI=1S/C26H33N3O3/c1-26(2,3)25(32)28-22-13-11-20(12-14-22)24(31)29-17-7-10-21(18-29)23(30)27-16-15-19-8-5-4-6-9-19/h4-6,8-9,11-14,21H,7,10,15-18H2,1-3H3,(H,27,30)(H,28,32)/t21-/m1/s1. The van der Waals surface area contributed by atoms with Crippen molar-refractivity contribution >= 4 is 23.4 Å².